The molecule has 2 heterocycles. The van der Waals surface area contributed by atoms with E-state index in [4.69, 9.17) is 0 Å². The lowest BCUT2D eigenvalue weighted by atomic mass is 10.00. The highest BCUT2D eigenvalue weighted by Crippen LogP contribution is 2.24. The standard InChI is InChI=1S/C23H26N4O.ClH/c1-2-18-4-8-20(9-5-18)22-17-24-13-15-26(22)23(28)16-19-6-10-21(11-7-19)27-14-3-12-25-27;/h3-12,14,22,24H,2,13,15-17H2,1H3;1H. The van der Waals surface area contributed by atoms with Crippen LogP contribution < -0.4 is 5.32 Å². The van der Waals surface area contributed by atoms with E-state index in [1.54, 1.807) is 6.20 Å². The number of aromatic nitrogens is 2. The maximum Gasteiger partial charge on any atom is 0.227 e. The number of carbonyl (C=O) groups excluding carboxylic acids is 1. The van der Waals surface area contributed by atoms with Crippen molar-refractivity contribution in [2.75, 3.05) is 19.6 Å². The van der Waals surface area contributed by atoms with E-state index in [9.17, 15) is 4.79 Å². The number of hydrogen-bond acceptors (Lipinski definition) is 3. The number of carbonyl (C=O) groups is 1. The molecule has 1 aliphatic heterocycles. The lowest BCUT2D eigenvalue weighted by Crippen LogP contribution is -2.49. The van der Waals surface area contributed by atoms with Crippen molar-refractivity contribution in [2.24, 2.45) is 0 Å². The molecule has 5 nitrogen and oxygen atoms in total. The zero-order chi connectivity index (χ0) is 19.3. The molecule has 0 aliphatic carbocycles. The van der Waals surface area contributed by atoms with Crippen LogP contribution in [0, 0.1) is 0 Å². The lowest BCUT2D eigenvalue weighted by Gasteiger charge is -2.36. The normalized spacial score (nSPS) is 16.3. The molecule has 1 atom stereocenters. The zero-order valence-electron chi connectivity index (χ0n) is 16.6. The van der Waals surface area contributed by atoms with Crippen LogP contribution in [0.15, 0.2) is 67.0 Å². The van der Waals surface area contributed by atoms with Crippen molar-refractivity contribution in [1.82, 2.24) is 20.0 Å². The quantitative estimate of drug-likeness (QED) is 0.699. The molecule has 6 heteroatoms. The minimum atomic E-state index is 0. The van der Waals surface area contributed by atoms with Crippen molar-refractivity contribution in [3.8, 4) is 5.69 Å². The molecule has 29 heavy (non-hydrogen) atoms. The summed E-state index contributed by atoms with van der Waals surface area (Å²) in [6.45, 7) is 4.54. The molecule has 1 saturated heterocycles. The van der Waals surface area contributed by atoms with E-state index in [0.717, 1.165) is 37.3 Å². The molecule has 4 rings (SSSR count). The summed E-state index contributed by atoms with van der Waals surface area (Å²) in [5, 5.41) is 7.67. The Kier molecular flexibility index (Phi) is 7.07. The average Bonchev–Trinajstić information content (AvgIpc) is 3.29. The van der Waals surface area contributed by atoms with Crippen molar-refractivity contribution in [3.63, 3.8) is 0 Å². The predicted octanol–water partition coefficient (Wildman–Crippen LogP) is 3.57. The van der Waals surface area contributed by atoms with Crippen LogP contribution >= 0.6 is 12.4 Å². The fraction of sp³-hybridized carbons (Fsp3) is 0.304. The van der Waals surface area contributed by atoms with Gasteiger partial charge < -0.3 is 10.2 Å². The van der Waals surface area contributed by atoms with Crippen molar-refractivity contribution in [2.45, 2.75) is 25.8 Å². The molecular weight excluding hydrogens is 384 g/mol. The molecule has 1 aromatic heterocycles. The summed E-state index contributed by atoms with van der Waals surface area (Å²) in [5.41, 5.74) is 4.55. The van der Waals surface area contributed by atoms with Crippen molar-refractivity contribution in [1.29, 1.82) is 0 Å². The maximum absolute atomic E-state index is 13.1. The van der Waals surface area contributed by atoms with Crippen LogP contribution in [0.25, 0.3) is 5.69 Å². The molecular formula is C23H27ClN4O. The molecule has 0 bridgehead atoms. The Morgan fingerprint density at radius 2 is 1.83 bits per heavy atom. The van der Waals surface area contributed by atoms with Crippen LogP contribution in [0.4, 0.5) is 0 Å². The van der Waals surface area contributed by atoms with Crippen LogP contribution in [0.3, 0.4) is 0 Å². The fourth-order valence-electron chi connectivity index (χ4n) is 3.74. The first-order valence-corrected chi connectivity index (χ1v) is 9.92. The summed E-state index contributed by atoms with van der Waals surface area (Å²) in [6, 6.07) is 18.7. The Morgan fingerprint density at radius 3 is 2.48 bits per heavy atom. The second kappa shape index (κ2) is 9.72. The van der Waals surface area contributed by atoms with E-state index in [1.165, 1.54) is 11.1 Å². The number of amides is 1. The molecule has 1 amide bonds. The van der Waals surface area contributed by atoms with Crippen LogP contribution in [0.1, 0.15) is 29.7 Å². The first-order chi connectivity index (χ1) is 13.7. The van der Waals surface area contributed by atoms with Gasteiger partial charge >= 0.3 is 0 Å². The fourth-order valence-corrected chi connectivity index (χ4v) is 3.74. The third-order valence-electron chi connectivity index (χ3n) is 5.40. The largest absolute Gasteiger partial charge is 0.333 e. The van der Waals surface area contributed by atoms with Gasteiger partial charge in [0.2, 0.25) is 5.91 Å². The van der Waals surface area contributed by atoms with Crippen LogP contribution in [0.2, 0.25) is 0 Å². The van der Waals surface area contributed by atoms with E-state index < -0.39 is 0 Å². The Labute approximate surface area is 178 Å². The molecule has 3 aromatic rings. The monoisotopic (exact) mass is 410 g/mol. The highest BCUT2D eigenvalue weighted by atomic mass is 35.5. The van der Waals surface area contributed by atoms with E-state index in [1.807, 2.05) is 46.1 Å². The molecule has 152 valence electrons. The SMILES string of the molecule is CCc1ccc(C2CNCCN2C(=O)Cc2ccc(-n3cccn3)cc2)cc1.Cl. The van der Waals surface area contributed by atoms with Gasteiger partial charge in [-0.05, 0) is 41.3 Å². The van der Waals surface area contributed by atoms with Gasteiger partial charge in [0.05, 0.1) is 18.2 Å². The van der Waals surface area contributed by atoms with E-state index in [-0.39, 0.29) is 24.4 Å². The Balaban J connectivity index is 0.00000240. The summed E-state index contributed by atoms with van der Waals surface area (Å²) in [7, 11) is 0. The summed E-state index contributed by atoms with van der Waals surface area (Å²) < 4.78 is 1.82. The average molecular weight is 411 g/mol. The van der Waals surface area contributed by atoms with Crippen LogP contribution in [-0.2, 0) is 17.6 Å². The number of nitrogens with zero attached hydrogens (tertiary/aromatic N) is 3. The van der Waals surface area contributed by atoms with Crippen molar-refractivity contribution < 1.29 is 4.79 Å². The Bertz CT molecular complexity index is 907. The molecule has 0 radical (unpaired) electrons. The molecule has 1 N–H and O–H groups in total. The van der Waals surface area contributed by atoms with Gasteiger partial charge in [0.15, 0.2) is 0 Å². The number of benzene rings is 2. The third-order valence-corrected chi connectivity index (χ3v) is 5.40. The van der Waals surface area contributed by atoms with Gasteiger partial charge in [0.1, 0.15) is 0 Å². The van der Waals surface area contributed by atoms with Gasteiger partial charge in [-0.15, -0.1) is 12.4 Å². The number of piperazine rings is 1. The zero-order valence-corrected chi connectivity index (χ0v) is 17.4. The van der Waals surface area contributed by atoms with Gasteiger partial charge in [-0.25, -0.2) is 4.68 Å². The van der Waals surface area contributed by atoms with Gasteiger partial charge in [-0.3, -0.25) is 4.79 Å². The number of aryl methyl sites for hydroxylation is 1. The smallest absolute Gasteiger partial charge is 0.227 e. The van der Waals surface area contributed by atoms with Gasteiger partial charge in [0, 0.05) is 32.0 Å². The molecule has 1 unspecified atom stereocenters. The first-order valence-electron chi connectivity index (χ1n) is 9.92. The molecule has 1 aliphatic rings. The minimum absolute atomic E-state index is 0. The first kappa shape index (κ1) is 21.1. The van der Waals surface area contributed by atoms with Crippen molar-refractivity contribution >= 4 is 18.3 Å². The maximum atomic E-state index is 13.1. The van der Waals surface area contributed by atoms with Gasteiger partial charge in [0.25, 0.3) is 0 Å². The molecule has 2 aromatic carbocycles. The Morgan fingerprint density at radius 1 is 1.10 bits per heavy atom. The summed E-state index contributed by atoms with van der Waals surface area (Å²) >= 11 is 0. The van der Waals surface area contributed by atoms with Crippen LogP contribution in [0.5, 0.6) is 0 Å². The highest BCUT2D eigenvalue weighted by Gasteiger charge is 2.27. The second-order valence-corrected chi connectivity index (χ2v) is 7.20. The topological polar surface area (TPSA) is 50.2 Å². The lowest BCUT2D eigenvalue weighted by molar-refractivity contribution is -0.133. The van der Waals surface area contributed by atoms with Crippen molar-refractivity contribution in [3.05, 3.63) is 83.7 Å². The number of rotatable bonds is 5. The summed E-state index contributed by atoms with van der Waals surface area (Å²) in [5.74, 6) is 0.179. The molecule has 0 spiro atoms. The van der Waals surface area contributed by atoms with E-state index in [0.29, 0.717) is 6.42 Å². The highest BCUT2D eigenvalue weighted by molar-refractivity contribution is 5.85. The van der Waals surface area contributed by atoms with Crippen LogP contribution in [-0.4, -0.2) is 40.2 Å². The number of hydrogen-bond donors (Lipinski definition) is 1. The summed E-state index contributed by atoms with van der Waals surface area (Å²) in [4.78, 5) is 15.1. The predicted molar refractivity (Wildman–Crippen MR) is 118 cm³/mol. The number of nitrogens with one attached hydrogen (secondary N) is 1. The molecule has 1 fully saturated rings. The second-order valence-electron chi connectivity index (χ2n) is 7.20. The third kappa shape index (κ3) is 4.86. The van der Waals surface area contributed by atoms with Gasteiger partial charge in [-0.2, -0.15) is 5.10 Å². The number of halogens is 1. The Hall–Kier alpha value is -2.63. The van der Waals surface area contributed by atoms with Gasteiger partial charge in [-0.1, -0.05) is 43.3 Å². The van der Waals surface area contributed by atoms with E-state index in [2.05, 4.69) is 41.6 Å². The summed E-state index contributed by atoms with van der Waals surface area (Å²) in [6.07, 6.45) is 5.12. The minimum Gasteiger partial charge on any atom is -0.333 e. The van der Waals surface area contributed by atoms with E-state index >= 15 is 0 Å². The molecule has 0 saturated carbocycles.